The molecule has 2 heteroatoms. The minimum atomic E-state index is -0.315. The third-order valence-electron chi connectivity index (χ3n) is 5.16. The Labute approximate surface area is 171 Å². The number of allylic oxidation sites excluding steroid dienone is 1. The van der Waals surface area contributed by atoms with Gasteiger partial charge in [0, 0.05) is 17.1 Å². The molecule has 0 saturated heterocycles. The maximum atomic E-state index is 12.8. The third kappa shape index (κ3) is 4.47. The summed E-state index contributed by atoms with van der Waals surface area (Å²) in [6, 6.07) is 28.3. The van der Waals surface area contributed by atoms with Crippen molar-refractivity contribution in [3.8, 4) is 11.8 Å². The number of ether oxygens (including phenoxy) is 1. The maximum absolute atomic E-state index is 12.8. The van der Waals surface area contributed by atoms with Crippen molar-refractivity contribution in [3.05, 3.63) is 119 Å². The minimum absolute atomic E-state index is 0.130. The van der Waals surface area contributed by atoms with Gasteiger partial charge in [-0.1, -0.05) is 90.2 Å². The Hall–Kier alpha value is -3.57. The molecule has 1 aliphatic heterocycles. The van der Waals surface area contributed by atoms with E-state index in [1.165, 1.54) is 11.8 Å². The quantitative estimate of drug-likeness (QED) is 0.449. The van der Waals surface area contributed by atoms with Crippen molar-refractivity contribution >= 4 is 5.97 Å². The summed E-state index contributed by atoms with van der Waals surface area (Å²) in [7, 11) is 0. The van der Waals surface area contributed by atoms with Crippen molar-refractivity contribution in [1.82, 2.24) is 0 Å². The molecule has 3 aromatic rings. The smallest absolute Gasteiger partial charge is 0.315 e. The van der Waals surface area contributed by atoms with Crippen LogP contribution in [0.1, 0.15) is 28.2 Å². The molecule has 1 heterocycles. The summed E-state index contributed by atoms with van der Waals surface area (Å²) in [4.78, 5) is 12.8. The van der Waals surface area contributed by atoms with Crippen LogP contribution in [0.25, 0.3) is 0 Å². The fraction of sp³-hybridized carbons (Fsp3) is 0.148. The molecule has 0 radical (unpaired) electrons. The van der Waals surface area contributed by atoms with Crippen molar-refractivity contribution < 1.29 is 9.53 Å². The van der Waals surface area contributed by atoms with Crippen molar-refractivity contribution in [2.24, 2.45) is 5.92 Å². The van der Waals surface area contributed by atoms with E-state index in [-0.39, 0.29) is 17.8 Å². The normalized spacial score (nSPS) is 18.2. The zero-order valence-electron chi connectivity index (χ0n) is 16.3. The second kappa shape index (κ2) is 8.63. The van der Waals surface area contributed by atoms with E-state index >= 15 is 0 Å². The Morgan fingerprint density at radius 3 is 2.31 bits per heavy atom. The Bertz CT molecular complexity index is 1090. The molecule has 2 nitrogen and oxygen atoms in total. The average molecular weight is 378 g/mol. The van der Waals surface area contributed by atoms with E-state index in [1.807, 2.05) is 54.6 Å². The molecule has 0 N–H and O–H groups in total. The maximum Gasteiger partial charge on any atom is 0.315 e. The number of rotatable bonds is 3. The highest BCUT2D eigenvalue weighted by molar-refractivity contribution is 5.78. The second-order valence-electron chi connectivity index (χ2n) is 7.31. The van der Waals surface area contributed by atoms with Gasteiger partial charge in [0.1, 0.15) is 6.26 Å². The van der Waals surface area contributed by atoms with Crippen LogP contribution in [0.2, 0.25) is 0 Å². The SMILES string of the molecule is Cc1cccc(C[C@@H]2C(=O)OC=C(C#Cc3ccccc3)[C@H]2c2ccccc2)c1. The Morgan fingerprint density at radius 2 is 1.59 bits per heavy atom. The zero-order chi connectivity index (χ0) is 20.1. The summed E-state index contributed by atoms with van der Waals surface area (Å²) in [5.41, 5.74) is 5.16. The van der Waals surface area contributed by atoms with Gasteiger partial charge in [-0.3, -0.25) is 4.79 Å². The van der Waals surface area contributed by atoms with Gasteiger partial charge in [-0.05, 0) is 36.6 Å². The van der Waals surface area contributed by atoms with E-state index in [2.05, 4.69) is 49.1 Å². The van der Waals surface area contributed by atoms with Crippen molar-refractivity contribution in [1.29, 1.82) is 0 Å². The minimum Gasteiger partial charge on any atom is -0.433 e. The fourth-order valence-corrected chi connectivity index (χ4v) is 3.77. The Kier molecular flexibility index (Phi) is 5.59. The van der Waals surface area contributed by atoms with Crippen LogP contribution in [0.15, 0.2) is 96.8 Å². The molecule has 0 aliphatic carbocycles. The number of carbonyl (C=O) groups is 1. The number of aryl methyl sites for hydroxylation is 1. The van der Waals surface area contributed by atoms with Crippen LogP contribution in [-0.4, -0.2) is 5.97 Å². The lowest BCUT2D eigenvalue weighted by atomic mass is 9.76. The molecular formula is C27H22O2. The fourth-order valence-electron chi connectivity index (χ4n) is 3.77. The lowest BCUT2D eigenvalue weighted by Gasteiger charge is -2.29. The number of benzene rings is 3. The number of hydrogen-bond acceptors (Lipinski definition) is 2. The van der Waals surface area contributed by atoms with E-state index < -0.39 is 0 Å². The third-order valence-corrected chi connectivity index (χ3v) is 5.16. The predicted octanol–water partition coefficient (Wildman–Crippen LogP) is 5.43. The van der Waals surface area contributed by atoms with Crippen LogP contribution in [0.3, 0.4) is 0 Å². The van der Waals surface area contributed by atoms with Gasteiger partial charge in [0.2, 0.25) is 0 Å². The lowest BCUT2D eigenvalue weighted by Crippen LogP contribution is -2.30. The van der Waals surface area contributed by atoms with Crippen LogP contribution < -0.4 is 0 Å². The zero-order valence-corrected chi connectivity index (χ0v) is 16.3. The highest BCUT2D eigenvalue weighted by Gasteiger charge is 2.36. The molecule has 0 amide bonds. The number of esters is 1. The average Bonchev–Trinajstić information content (AvgIpc) is 2.75. The number of hydrogen-bond donors (Lipinski definition) is 0. The summed E-state index contributed by atoms with van der Waals surface area (Å²) in [6.07, 6.45) is 2.15. The highest BCUT2D eigenvalue weighted by Crippen LogP contribution is 2.38. The van der Waals surface area contributed by atoms with E-state index in [9.17, 15) is 4.79 Å². The van der Waals surface area contributed by atoms with Gasteiger partial charge in [-0.25, -0.2) is 0 Å². The standard InChI is InChI=1S/C27H22O2/c1-20-9-8-12-22(17-20)18-25-26(23-13-6-3-7-14-23)24(19-29-27(25)28)16-15-21-10-4-2-5-11-21/h2-14,17,19,25-26H,18H2,1H3/t25-,26+/m0/s1. The van der Waals surface area contributed by atoms with E-state index in [4.69, 9.17) is 4.74 Å². The molecule has 2 atom stereocenters. The molecule has 0 unspecified atom stereocenters. The Morgan fingerprint density at radius 1 is 0.862 bits per heavy atom. The van der Waals surface area contributed by atoms with Gasteiger partial charge >= 0.3 is 5.97 Å². The number of carbonyl (C=O) groups excluding carboxylic acids is 1. The molecular weight excluding hydrogens is 356 g/mol. The van der Waals surface area contributed by atoms with Gasteiger partial charge in [0.05, 0.1) is 5.92 Å². The molecule has 4 rings (SSSR count). The second-order valence-corrected chi connectivity index (χ2v) is 7.31. The van der Waals surface area contributed by atoms with Crippen LogP contribution in [0, 0.1) is 24.7 Å². The highest BCUT2D eigenvalue weighted by atomic mass is 16.5. The van der Waals surface area contributed by atoms with Crippen LogP contribution in [0.5, 0.6) is 0 Å². The molecule has 142 valence electrons. The molecule has 0 fully saturated rings. The van der Waals surface area contributed by atoms with Crippen LogP contribution in [0.4, 0.5) is 0 Å². The molecule has 0 saturated carbocycles. The molecule has 29 heavy (non-hydrogen) atoms. The monoisotopic (exact) mass is 378 g/mol. The predicted molar refractivity (Wildman–Crippen MR) is 115 cm³/mol. The summed E-state index contributed by atoms with van der Waals surface area (Å²) < 4.78 is 5.44. The molecule has 1 aliphatic rings. The first-order valence-electron chi connectivity index (χ1n) is 9.79. The van der Waals surface area contributed by atoms with Gasteiger partial charge in [-0.15, -0.1) is 0 Å². The van der Waals surface area contributed by atoms with Crippen molar-refractivity contribution in [2.45, 2.75) is 19.3 Å². The molecule has 0 aromatic heterocycles. The Balaban J connectivity index is 1.73. The van der Waals surface area contributed by atoms with Gasteiger partial charge < -0.3 is 4.74 Å². The first-order valence-corrected chi connectivity index (χ1v) is 9.79. The largest absolute Gasteiger partial charge is 0.433 e. The van der Waals surface area contributed by atoms with Crippen LogP contribution in [-0.2, 0) is 16.0 Å². The summed E-state index contributed by atoms with van der Waals surface area (Å²) >= 11 is 0. The summed E-state index contributed by atoms with van der Waals surface area (Å²) in [5, 5.41) is 0. The van der Waals surface area contributed by atoms with E-state index in [0.29, 0.717) is 6.42 Å². The molecule has 3 aromatic carbocycles. The topological polar surface area (TPSA) is 26.3 Å². The lowest BCUT2D eigenvalue weighted by molar-refractivity contribution is -0.144. The van der Waals surface area contributed by atoms with E-state index in [0.717, 1.165) is 22.3 Å². The summed E-state index contributed by atoms with van der Waals surface area (Å²) in [6.45, 7) is 2.06. The van der Waals surface area contributed by atoms with E-state index in [1.54, 1.807) is 0 Å². The summed E-state index contributed by atoms with van der Waals surface area (Å²) in [5.74, 6) is 5.83. The first kappa shape index (κ1) is 18.8. The molecule has 0 bridgehead atoms. The van der Waals surface area contributed by atoms with Crippen molar-refractivity contribution in [2.75, 3.05) is 0 Å². The van der Waals surface area contributed by atoms with Gasteiger partial charge in [0.25, 0.3) is 0 Å². The number of cyclic esters (lactones) is 1. The first-order chi connectivity index (χ1) is 14.2. The van der Waals surface area contributed by atoms with Crippen molar-refractivity contribution in [3.63, 3.8) is 0 Å². The van der Waals surface area contributed by atoms with Gasteiger partial charge in [-0.2, -0.15) is 0 Å². The van der Waals surface area contributed by atoms with Crippen LogP contribution >= 0.6 is 0 Å². The molecule has 0 spiro atoms. The van der Waals surface area contributed by atoms with Gasteiger partial charge in [0.15, 0.2) is 0 Å².